The zero-order chi connectivity index (χ0) is 13.2. The first-order valence-electron chi connectivity index (χ1n) is 6.43. The van der Waals surface area contributed by atoms with Crippen LogP contribution in [0.4, 0.5) is 11.4 Å². The van der Waals surface area contributed by atoms with Crippen molar-refractivity contribution in [3.05, 3.63) is 18.2 Å². The van der Waals surface area contributed by atoms with Gasteiger partial charge in [0, 0.05) is 13.1 Å². The first-order valence-corrected chi connectivity index (χ1v) is 6.43. The molecule has 18 heavy (non-hydrogen) atoms. The van der Waals surface area contributed by atoms with Gasteiger partial charge in [-0.15, -0.1) is 0 Å². The van der Waals surface area contributed by atoms with E-state index in [0.717, 1.165) is 38.0 Å². The van der Waals surface area contributed by atoms with Crippen LogP contribution in [0.2, 0.25) is 0 Å². The molecule has 1 atom stereocenters. The number of ether oxygens (including phenoxy) is 1. The Morgan fingerprint density at radius 2 is 2.11 bits per heavy atom. The molecule has 1 fully saturated rings. The number of hydrogen-bond acceptors (Lipinski definition) is 4. The van der Waals surface area contributed by atoms with Gasteiger partial charge in [0.1, 0.15) is 5.75 Å². The molecule has 0 saturated carbocycles. The lowest BCUT2D eigenvalue weighted by atomic mass is 9.98. The van der Waals surface area contributed by atoms with Crippen LogP contribution in [0.5, 0.6) is 5.75 Å². The van der Waals surface area contributed by atoms with Gasteiger partial charge in [0.2, 0.25) is 0 Å². The molecule has 4 heteroatoms. The van der Waals surface area contributed by atoms with Crippen molar-refractivity contribution in [3.8, 4) is 5.75 Å². The van der Waals surface area contributed by atoms with E-state index in [4.69, 9.17) is 10.5 Å². The lowest BCUT2D eigenvalue weighted by molar-refractivity contribution is 0.0481. The second-order valence-electron chi connectivity index (χ2n) is 5.23. The Balaban J connectivity index is 2.21. The molecule has 0 spiro atoms. The normalized spacial score (nSPS) is 24.7. The summed E-state index contributed by atoms with van der Waals surface area (Å²) < 4.78 is 5.25. The predicted molar refractivity (Wildman–Crippen MR) is 74.1 cm³/mol. The summed E-state index contributed by atoms with van der Waals surface area (Å²) in [6.45, 7) is 3.66. The summed E-state index contributed by atoms with van der Waals surface area (Å²) in [5.41, 5.74) is 7.25. The molecule has 1 aromatic carbocycles. The van der Waals surface area contributed by atoms with Gasteiger partial charge in [0.25, 0.3) is 0 Å². The van der Waals surface area contributed by atoms with Crippen molar-refractivity contribution in [1.82, 2.24) is 0 Å². The summed E-state index contributed by atoms with van der Waals surface area (Å²) in [5, 5.41) is 10.1. The van der Waals surface area contributed by atoms with Crippen LogP contribution in [0.15, 0.2) is 18.2 Å². The molecule has 100 valence electrons. The van der Waals surface area contributed by atoms with Crippen LogP contribution < -0.4 is 15.4 Å². The first-order chi connectivity index (χ1) is 8.53. The molecule has 0 aliphatic carbocycles. The van der Waals surface area contributed by atoms with Crippen LogP contribution in [-0.2, 0) is 0 Å². The Labute approximate surface area is 108 Å². The van der Waals surface area contributed by atoms with E-state index in [9.17, 15) is 5.11 Å². The van der Waals surface area contributed by atoms with E-state index in [2.05, 4.69) is 4.90 Å². The molecule has 1 unspecified atom stereocenters. The molecule has 1 heterocycles. The quantitative estimate of drug-likeness (QED) is 0.788. The van der Waals surface area contributed by atoms with Gasteiger partial charge >= 0.3 is 0 Å². The standard InChI is InChI=1S/C14H22N2O2/c1-14(17)7-4-9-16(10-8-14)11-5-3-6-12(18-2)13(11)15/h3,5-6,17H,4,7-10,15H2,1-2H3. The van der Waals surface area contributed by atoms with Gasteiger partial charge in [0.05, 0.1) is 24.1 Å². The average molecular weight is 250 g/mol. The number of benzene rings is 1. The van der Waals surface area contributed by atoms with Gasteiger partial charge in [-0.2, -0.15) is 0 Å². The monoisotopic (exact) mass is 250 g/mol. The van der Waals surface area contributed by atoms with E-state index in [1.165, 1.54) is 0 Å². The molecule has 3 N–H and O–H groups in total. The van der Waals surface area contributed by atoms with E-state index in [-0.39, 0.29) is 0 Å². The Morgan fingerprint density at radius 3 is 2.83 bits per heavy atom. The van der Waals surface area contributed by atoms with Crippen molar-refractivity contribution in [2.24, 2.45) is 0 Å². The molecule has 0 aromatic heterocycles. The molecule has 0 radical (unpaired) electrons. The number of methoxy groups -OCH3 is 1. The van der Waals surface area contributed by atoms with E-state index < -0.39 is 5.60 Å². The van der Waals surface area contributed by atoms with E-state index in [1.807, 2.05) is 25.1 Å². The SMILES string of the molecule is COc1cccc(N2CCCC(C)(O)CC2)c1N. The summed E-state index contributed by atoms with van der Waals surface area (Å²) in [7, 11) is 1.63. The van der Waals surface area contributed by atoms with Crippen molar-refractivity contribution >= 4 is 11.4 Å². The van der Waals surface area contributed by atoms with Gasteiger partial charge in [-0.3, -0.25) is 0 Å². The fourth-order valence-corrected chi connectivity index (χ4v) is 2.49. The molecule has 4 nitrogen and oxygen atoms in total. The maximum Gasteiger partial charge on any atom is 0.143 e. The molecular weight excluding hydrogens is 228 g/mol. The molecule has 1 aliphatic rings. The maximum atomic E-state index is 10.1. The van der Waals surface area contributed by atoms with Crippen LogP contribution in [-0.4, -0.2) is 30.9 Å². The summed E-state index contributed by atoms with van der Waals surface area (Å²) in [5.74, 6) is 0.712. The minimum Gasteiger partial charge on any atom is -0.495 e. The zero-order valence-corrected chi connectivity index (χ0v) is 11.1. The summed E-state index contributed by atoms with van der Waals surface area (Å²) in [4.78, 5) is 2.24. The van der Waals surface area contributed by atoms with Crippen molar-refractivity contribution in [2.75, 3.05) is 30.8 Å². The molecule has 1 aliphatic heterocycles. The highest BCUT2D eigenvalue weighted by Gasteiger charge is 2.26. The lowest BCUT2D eigenvalue weighted by Crippen LogP contribution is -2.28. The molecule has 0 amide bonds. The fraction of sp³-hybridized carbons (Fsp3) is 0.571. The molecule has 0 bridgehead atoms. The largest absolute Gasteiger partial charge is 0.495 e. The second kappa shape index (κ2) is 5.06. The Kier molecular flexibility index (Phi) is 3.66. The topological polar surface area (TPSA) is 58.7 Å². The number of nitrogens with zero attached hydrogens (tertiary/aromatic N) is 1. The van der Waals surface area contributed by atoms with E-state index in [1.54, 1.807) is 7.11 Å². The number of nitrogen functional groups attached to an aromatic ring is 1. The van der Waals surface area contributed by atoms with Crippen LogP contribution in [0, 0.1) is 0 Å². The second-order valence-corrected chi connectivity index (χ2v) is 5.23. The zero-order valence-electron chi connectivity index (χ0n) is 11.1. The van der Waals surface area contributed by atoms with Crippen molar-refractivity contribution in [3.63, 3.8) is 0 Å². The Hall–Kier alpha value is -1.42. The van der Waals surface area contributed by atoms with Gasteiger partial charge < -0.3 is 20.5 Å². The fourth-order valence-electron chi connectivity index (χ4n) is 2.49. The highest BCUT2D eigenvalue weighted by atomic mass is 16.5. The molecule has 1 aromatic rings. The van der Waals surface area contributed by atoms with Crippen molar-refractivity contribution in [2.45, 2.75) is 31.8 Å². The Morgan fingerprint density at radius 1 is 1.33 bits per heavy atom. The van der Waals surface area contributed by atoms with E-state index in [0.29, 0.717) is 11.4 Å². The smallest absolute Gasteiger partial charge is 0.143 e. The highest BCUT2D eigenvalue weighted by Crippen LogP contribution is 2.34. The van der Waals surface area contributed by atoms with Crippen LogP contribution in [0.3, 0.4) is 0 Å². The third-order valence-electron chi connectivity index (χ3n) is 3.67. The minimum atomic E-state index is -0.553. The summed E-state index contributed by atoms with van der Waals surface area (Å²) >= 11 is 0. The van der Waals surface area contributed by atoms with E-state index >= 15 is 0 Å². The summed E-state index contributed by atoms with van der Waals surface area (Å²) in [6.07, 6.45) is 2.58. The van der Waals surface area contributed by atoms with Gasteiger partial charge in [0.15, 0.2) is 0 Å². The minimum absolute atomic E-state index is 0.553. The molecule has 1 saturated heterocycles. The number of nitrogens with two attached hydrogens (primary N) is 1. The number of rotatable bonds is 2. The predicted octanol–water partition coefficient (Wildman–Crippen LogP) is 2.02. The van der Waals surface area contributed by atoms with Crippen LogP contribution in [0.1, 0.15) is 26.2 Å². The summed E-state index contributed by atoms with van der Waals surface area (Å²) in [6, 6.07) is 5.83. The number of aliphatic hydroxyl groups is 1. The highest BCUT2D eigenvalue weighted by molar-refractivity contribution is 5.74. The van der Waals surface area contributed by atoms with Gasteiger partial charge in [-0.1, -0.05) is 6.07 Å². The van der Waals surface area contributed by atoms with Crippen LogP contribution >= 0.6 is 0 Å². The lowest BCUT2D eigenvalue weighted by Gasteiger charge is -2.26. The molecular formula is C14H22N2O2. The average Bonchev–Trinajstić information content (AvgIpc) is 2.51. The van der Waals surface area contributed by atoms with Crippen molar-refractivity contribution < 1.29 is 9.84 Å². The third kappa shape index (κ3) is 2.70. The molecule has 2 rings (SSSR count). The third-order valence-corrected chi connectivity index (χ3v) is 3.67. The number of hydrogen-bond donors (Lipinski definition) is 2. The maximum absolute atomic E-state index is 10.1. The van der Waals surface area contributed by atoms with Gasteiger partial charge in [-0.25, -0.2) is 0 Å². The first kappa shape index (κ1) is 13.0. The number of anilines is 2. The van der Waals surface area contributed by atoms with Crippen LogP contribution in [0.25, 0.3) is 0 Å². The van der Waals surface area contributed by atoms with Crippen molar-refractivity contribution in [1.29, 1.82) is 0 Å². The number of para-hydroxylation sites is 1. The Bertz CT molecular complexity index is 418. The van der Waals surface area contributed by atoms with Gasteiger partial charge in [-0.05, 0) is 38.3 Å².